The first-order valence-electron chi connectivity index (χ1n) is 18.1. The molecule has 0 aliphatic rings. The Hall–Kier alpha value is -0.763. The molecule has 0 radical (unpaired) electrons. The zero-order valence-electron chi connectivity index (χ0n) is 29.0. The smallest absolute Gasteiger partial charge is 0.261 e. The molecule has 2 aromatic rings. The van der Waals surface area contributed by atoms with Crippen LogP contribution in [0, 0.1) is 0 Å². The lowest BCUT2D eigenvalue weighted by Gasteiger charge is -2.45. The van der Waals surface area contributed by atoms with E-state index in [4.69, 9.17) is 14.6 Å². The van der Waals surface area contributed by atoms with Crippen LogP contribution in [0.3, 0.4) is 0 Å². The van der Waals surface area contributed by atoms with Crippen molar-refractivity contribution in [1.82, 2.24) is 0 Å². The van der Waals surface area contributed by atoms with Gasteiger partial charge in [0, 0.05) is 19.3 Å². The first-order chi connectivity index (χ1) is 22.0. The van der Waals surface area contributed by atoms with Crippen LogP contribution in [0.5, 0.6) is 0 Å². The number of hydrogen-bond acceptors (Lipinski definition) is 5. The van der Waals surface area contributed by atoms with Gasteiger partial charge in [-0.2, -0.15) is 23.5 Å². The van der Waals surface area contributed by atoms with Crippen molar-refractivity contribution >= 4 is 42.2 Å². The first kappa shape index (κ1) is 40.4. The van der Waals surface area contributed by atoms with Crippen LogP contribution in [0.4, 0.5) is 0 Å². The monoisotopic (exact) mass is 674 g/mol. The fraction of sp³-hybridized carbons (Fsp3) is 0.692. The van der Waals surface area contributed by atoms with Crippen LogP contribution in [0.2, 0.25) is 5.04 Å². The highest BCUT2D eigenvalue weighted by Gasteiger charge is 2.51. The quantitative estimate of drug-likeness (QED) is 0.0696. The molecule has 0 bridgehead atoms. The summed E-state index contributed by atoms with van der Waals surface area (Å²) in [6.45, 7) is 7.85. The van der Waals surface area contributed by atoms with E-state index in [0.29, 0.717) is 19.3 Å². The molecule has 6 heteroatoms. The largest absolute Gasteiger partial charge is 0.404 e. The number of unbranched alkanes of at least 4 members (excludes halogenated alkanes) is 10. The maximum atomic E-state index is 8.95. The van der Waals surface area contributed by atoms with Crippen LogP contribution >= 0.6 is 23.5 Å². The van der Waals surface area contributed by atoms with E-state index in [0.717, 1.165) is 37.2 Å². The Bertz CT molecular complexity index is 873. The van der Waals surface area contributed by atoms with Gasteiger partial charge in [-0.15, -0.1) is 0 Å². The summed E-state index contributed by atoms with van der Waals surface area (Å²) in [7, 11) is -2.55. The fourth-order valence-electron chi connectivity index (χ4n) is 6.31. The summed E-state index contributed by atoms with van der Waals surface area (Å²) < 4.78 is 7.66. The molecule has 0 aliphatic heterocycles. The molecule has 2 aromatic carbocycles. The van der Waals surface area contributed by atoms with Gasteiger partial charge in [-0.3, -0.25) is 0 Å². The molecular weight excluding hydrogens is 609 g/mol. The highest BCUT2D eigenvalue weighted by atomic mass is 32.2. The van der Waals surface area contributed by atoms with Crippen LogP contribution in [-0.4, -0.2) is 60.9 Å². The average Bonchev–Trinajstić information content (AvgIpc) is 3.04. The lowest BCUT2D eigenvalue weighted by Crippen LogP contribution is -2.67. The topological polar surface area (TPSA) is 49.7 Å². The molecule has 0 aromatic heterocycles. The number of thioether (sulfide) groups is 2. The summed E-state index contributed by atoms with van der Waals surface area (Å²) in [5, 5.41) is 20.7. The molecule has 0 saturated heterocycles. The SMILES string of the molecule is CC(C)(C)[Si](OC(CCCCCCCCSCCCO)CCCCCCCCSCCCO)(c1ccccc1)c1ccccc1. The molecule has 0 heterocycles. The van der Waals surface area contributed by atoms with E-state index in [1.165, 1.54) is 98.9 Å². The summed E-state index contributed by atoms with van der Waals surface area (Å²) >= 11 is 3.98. The molecule has 0 fully saturated rings. The van der Waals surface area contributed by atoms with Gasteiger partial charge in [0.1, 0.15) is 0 Å². The van der Waals surface area contributed by atoms with Crippen molar-refractivity contribution in [2.75, 3.05) is 36.2 Å². The van der Waals surface area contributed by atoms with Crippen molar-refractivity contribution in [1.29, 1.82) is 0 Å². The maximum Gasteiger partial charge on any atom is 0.261 e. The molecular formula is C39H66O3S2Si. The van der Waals surface area contributed by atoms with Crippen molar-refractivity contribution in [2.24, 2.45) is 0 Å². The van der Waals surface area contributed by atoms with Crippen molar-refractivity contribution in [3.8, 4) is 0 Å². The number of aliphatic hydroxyl groups is 2. The number of hydrogen-bond donors (Lipinski definition) is 2. The standard InChI is InChI=1S/C39H66O3S2Si/c1-39(2,3)45(37-26-16-12-17-27-37,38-28-18-13-19-29-38)42-36(24-14-8-4-6-10-20-32-43-34-22-30-40)25-15-9-5-7-11-21-33-44-35-23-31-41/h12-13,16-19,26-29,36,40-41H,4-11,14-15,20-25,30-35H2,1-3H3. The van der Waals surface area contributed by atoms with E-state index in [-0.39, 0.29) is 5.04 Å². The predicted molar refractivity (Wildman–Crippen MR) is 205 cm³/mol. The van der Waals surface area contributed by atoms with Gasteiger partial charge in [-0.1, -0.05) is 146 Å². The van der Waals surface area contributed by atoms with Gasteiger partial charge < -0.3 is 14.6 Å². The lowest BCUT2D eigenvalue weighted by molar-refractivity contribution is 0.160. The Labute approximate surface area is 287 Å². The molecule has 45 heavy (non-hydrogen) atoms. The minimum absolute atomic E-state index is 0.0122. The Balaban J connectivity index is 1.99. The second-order valence-corrected chi connectivity index (χ2v) is 20.3. The molecule has 2 rings (SSSR count). The summed E-state index contributed by atoms with van der Waals surface area (Å²) in [6, 6.07) is 22.3. The van der Waals surface area contributed by atoms with Crippen molar-refractivity contribution < 1.29 is 14.6 Å². The highest BCUT2D eigenvalue weighted by molar-refractivity contribution is 7.99. The third kappa shape index (κ3) is 16.3. The summed E-state index contributed by atoms with van der Waals surface area (Å²) in [5.41, 5.74) is 0. The van der Waals surface area contributed by atoms with Crippen LogP contribution in [0.25, 0.3) is 0 Å². The third-order valence-corrected chi connectivity index (χ3v) is 16.2. The summed E-state index contributed by atoms with van der Waals surface area (Å²) in [6.07, 6.45) is 20.1. The first-order valence-corrected chi connectivity index (χ1v) is 22.3. The van der Waals surface area contributed by atoms with Crippen LogP contribution in [0.15, 0.2) is 60.7 Å². The normalized spacial score (nSPS) is 12.3. The van der Waals surface area contributed by atoms with Gasteiger partial charge in [0.15, 0.2) is 0 Å². The average molecular weight is 675 g/mol. The fourth-order valence-corrected chi connectivity index (χ4v) is 12.9. The van der Waals surface area contributed by atoms with Gasteiger partial charge in [-0.05, 0) is 76.9 Å². The zero-order chi connectivity index (χ0) is 32.5. The van der Waals surface area contributed by atoms with Crippen LogP contribution in [-0.2, 0) is 4.43 Å². The summed E-state index contributed by atoms with van der Waals surface area (Å²) in [5.74, 6) is 4.65. The number of rotatable bonds is 28. The lowest BCUT2D eigenvalue weighted by atomic mass is 10.0. The number of aliphatic hydroxyl groups excluding tert-OH is 2. The second-order valence-electron chi connectivity index (χ2n) is 13.6. The Morgan fingerprint density at radius 3 is 1.27 bits per heavy atom. The predicted octanol–water partition coefficient (Wildman–Crippen LogP) is 9.62. The molecule has 0 aliphatic carbocycles. The van der Waals surface area contributed by atoms with Gasteiger partial charge in [0.25, 0.3) is 8.32 Å². The van der Waals surface area contributed by atoms with Gasteiger partial charge in [0.05, 0.1) is 0 Å². The van der Waals surface area contributed by atoms with Crippen molar-refractivity contribution in [2.45, 2.75) is 135 Å². The van der Waals surface area contributed by atoms with E-state index in [2.05, 4.69) is 81.4 Å². The summed E-state index contributed by atoms with van der Waals surface area (Å²) in [4.78, 5) is 0. The number of benzene rings is 2. The van der Waals surface area contributed by atoms with E-state index in [9.17, 15) is 0 Å². The molecule has 0 amide bonds. The van der Waals surface area contributed by atoms with E-state index >= 15 is 0 Å². The Morgan fingerprint density at radius 2 is 0.889 bits per heavy atom. The highest BCUT2D eigenvalue weighted by Crippen LogP contribution is 2.38. The van der Waals surface area contributed by atoms with Gasteiger partial charge in [-0.25, -0.2) is 0 Å². The molecule has 3 nitrogen and oxygen atoms in total. The molecule has 0 atom stereocenters. The third-order valence-electron chi connectivity index (χ3n) is 8.78. The van der Waals surface area contributed by atoms with Crippen LogP contribution < -0.4 is 10.4 Å². The Kier molecular flexibility index (Phi) is 22.7. The molecule has 0 saturated carbocycles. The van der Waals surface area contributed by atoms with Gasteiger partial charge in [0.2, 0.25) is 0 Å². The van der Waals surface area contributed by atoms with Crippen molar-refractivity contribution in [3.05, 3.63) is 60.7 Å². The minimum Gasteiger partial charge on any atom is -0.404 e. The molecule has 256 valence electrons. The molecule has 0 spiro atoms. The second kappa shape index (κ2) is 25.3. The van der Waals surface area contributed by atoms with Crippen molar-refractivity contribution in [3.63, 3.8) is 0 Å². The van der Waals surface area contributed by atoms with E-state index in [1.807, 2.05) is 23.5 Å². The van der Waals surface area contributed by atoms with E-state index in [1.54, 1.807) is 0 Å². The van der Waals surface area contributed by atoms with Crippen LogP contribution in [0.1, 0.15) is 124 Å². The minimum atomic E-state index is -2.55. The molecule has 0 unspecified atom stereocenters. The van der Waals surface area contributed by atoms with E-state index < -0.39 is 8.32 Å². The Morgan fingerprint density at radius 1 is 0.533 bits per heavy atom. The zero-order valence-corrected chi connectivity index (χ0v) is 31.7. The van der Waals surface area contributed by atoms with Gasteiger partial charge >= 0.3 is 0 Å². The molecule has 2 N–H and O–H groups in total. The maximum absolute atomic E-state index is 8.95.